The minimum atomic E-state index is 0.688. The fraction of sp³-hybridized carbons (Fsp3) is 0.125. The monoisotopic (exact) mass is 222 g/mol. The average Bonchev–Trinajstić information content (AvgIpc) is 2.73. The number of ether oxygens (including phenoxy) is 1. The minimum Gasteiger partial charge on any atom is -0.488 e. The Bertz CT molecular complexity index is 582. The molecule has 84 valence electrons. The summed E-state index contributed by atoms with van der Waals surface area (Å²) in [6, 6.07) is 16.8. The molecule has 17 heavy (non-hydrogen) atoms. The van der Waals surface area contributed by atoms with Crippen LogP contribution in [0, 0.1) is 6.92 Å². The van der Waals surface area contributed by atoms with Crippen LogP contribution in [-0.4, -0.2) is 0 Å². The van der Waals surface area contributed by atoms with Crippen molar-refractivity contribution in [2.24, 2.45) is 0 Å². The molecule has 1 nitrogen and oxygen atoms in total. The molecule has 2 aromatic carbocycles. The molecule has 1 aliphatic heterocycles. The van der Waals surface area contributed by atoms with Crippen molar-refractivity contribution < 1.29 is 4.74 Å². The smallest absolute Gasteiger partial charge is 0.128 e. The molecule has 2 aromatic rings. The van der Waals surface area contributed by atoms with E-state index >= 15 is 0 Å². The molecule has 0 fully saturated rings. The fourth-order valence-corrected chi connectivity index (χ4v) is 2.15. The summed E-state index contributed by atoms with van der Waals surface area (Å²) in [5, 5.41) is 0. The highest BCUT2D eigenvalue weighted by atomic mass is 16.5. The maximum Gasteiger partial charge on any atom is 0.128 e. The van der Waals surface area contributed by atoms with Crippen molar-refractivity contribution in [2.45, 2.75) is 13.5 Å². The van der Waals surface area contributed by atoms with Gasteiger partial charge in [0.2, 0.25) is 0 Å². The molecule has 0 aromatic heterocycles. The van der Waals surface area contributed by atoms with Crippen molar-refractivity contribution in [2.75, 3.05) is 0 Å². The molecular formula is C16H14O. The Hall–Kier alpha value is -2.02. The summed E-state index contributed by atoms with van der Waals surface area (Å²) in [7, 11) is 0. The van der Waals surface area contributed by atoms with Crippen LogP contribution in [0.3, 0.4) is 0 Å². The Balaban J connectivity index is 2.02. The predicted molar refractivity (Wildman–Crippen MR) is 70.3 cm³/mol. The highest BCUT2D eigenvalue weighted by Gasteiger charge is 2.16. The second-order valence-electron chi connectivity index (χ2n) is 4.37. The van der Waals surface area contributed by atoms with Gasteiger partial charge in [0.1, 0.15) is 12.4 Å². The fourth-order valence-electron chi connectivity index (χ4n) is 2.15. The lowest BCUT2D eigenvalue weighted by molar-refractivity contribution is 0.287. The summed E-state index contributed by atoms with van der Waals surface area (Å²) in [5.41, 5.74) is 4.95. The Labute approximate surface area is 101 Å². The number of benzene rings is 2. The van der Waals surface area contributed by atoms with Crippen LogP contribution < -0.4 is 0 Å². The lowest BCUT2D eigenvalue weighted by Crippen LogP contribution is -1.81. The van der Waals surface area contributed by atoms with Crippen molar-refractivity contribution in [3.8, 4) is 0 Å². The largest absolute Gasteiger partial charge is 0.488 e. The zero-order valence-electron chi connectivity index (χ0n) is 9.81. The Morgan fingerprint density at radius 1 is 1.06 bits per heavy atom. The average molecular weight is 222 g/mol. The van der Waals surface area contributed by atoms with Gasteiger partial charge >= 0.3 is 0 Å². The number of hydrogen-bond acceptors (Lipinski definition) is 1. The van der Waals surface area contributed by atoms with Crippen LogP contribution in [-0.2, 0) is 11.3 Å². The van der Waals surface area contributed by atoms with E-state index in [9.17, 15) is 0 Å². The van der Waals surface area contributed by atoms with Crippen LogP contribution in [0.2, 0.25) is 0 Å². The van der Waals surface area contributed by atoms with Crippen molar-refractivity contribution in [3.63, 3.8) is 0 Å². The third-order valence-corrected chi connectivity index (χ3v) is 3.01. The standard InChI is InChI=1S/C16H14O/c1-12-5-4-6-13(9-12)10-16-15-8-3-2-7-14(15)11-17-16/h2-10H,11H2,1H3/b16-10-. The first-order valence-corrected chi connectivity index (χ1v) is 5.82. The molecule has 0 saturated carbocycles. The van der Waals surface area contributed by atoms with E-state index in [1.54, 1.807) is 0 Å². The first-order chi connectivity index (χ1) is 8.33. The number of hydrogen-bond donors (Lipinski definition) is 0. The van der Waals surface area contributed by atoms with Crippen LogP contribution in [0.1, 0.15) is 22.3 Å². The molecule has 1 heterocycles. The van der Waals surface area contributed by atoms with Crippen LogP contribution in [0.5, 0.6) is 0 Å². The number of rotatable bonds is 1. The molecule has 0 bridgehead atoms. The first kappa shape index (κ1) is 10.2. The van der Waals surface area contributed by atoms with Gasteiger partial charge < -0.3 is 4.74 Å². The SMILES string of the molecule is Cc1cccc(/C=C2\OCc3ccccc32)c1. The van der Waals surface area contributed by atoms with Crippen LogP contribution in [0.4, 0.5) is 0 Å². The molecule has 1 heteroatoms. The molecular weight excluding hydrogens is 208 g/mol. The number of aryl methyl sites for hydroxylation is 1. The predicted octanol–water partition coefficient (Wildman–Crippen LogP) is 4.02. The van der Waals surface area contributed by atoms with E-state index in [0.29, 0.717) is 6.61 Å². The van der Waals surface area contributed by atoms with Gasteiger partial charge in [-0.25, -0.2) is 0 Å². The zero-order chi connectivity index (χ0) is 11.7. The quantitative estimate of drug-likeness (QED) is 0.708. The van der Waals surface area contributed by atoms with Crippen molar-refractivity contribution in [3.05, 3.63) is 70.8 Å². The van der Waals surface area contributed by atoms with Crippen molar-refractivity contribution in [1.29, 1.82) is 0 Å². The highest BCUT2D eigenvalue weighted by molar-refractivity contribution is 5.80. The topological polar surface area (TPSA) is 9.23 Å². The lowest BCUT2D eigenvalue weighted by atomic mass is 10.1. The van der Waals surface area contributed by atoms with E-state index < -0.39 is 0 Å². The van der Waals surface area contributed by atoms with E-state index in [-0.39, 0.29) is 0 Å². The van der Waals surface area contributed by atoms with Gasteiger partial charge in [-0.1, -0.05) is 54.1 Å². The highest BCUT2D eigenvalue weighted by Crippen LogP contribution is 2.30. The Morgan fingerprint density at radius 3 is 2.82 bits per heavy atom. The molecule has 3 rings (SSSR count). The number of fused-ring (bicyclic) bond motifs is 1. The molecule has 0 spiro atoms. The van der Waals surface area contributed by atoms with Crippen molar-refractivity contribution in [1.82, 2.24) is 0 Å². The second-order valence-corrected chi connectivity index (χ2v) is 4.37. The summed E-state index contributed by atoms with van der Waals surface area (Å²) in [6.45, 7) is 2.79. The molecule has 0 N–H and O–H groups in total. The van der Waals surface area contributed by atoms with Gasteiger partial charge in [-0.2, -0.15) is 0 Å². The third kappa shape index (κ3) is 1.96. The van der Waals surface area contributed by atoms with E-state index in [1.165, 1.54) is 22.3 Å². The molecule has 0 amide bonds. The van der Waals surface area contributed by atoms with E-state index in [2.05, 4.69) is 61.5 Å². The van der Waals surface area contributed by atoms with E-state index in [1.807, 2.05) is 0 Å². The van der Waals surface area contributed by atoms with Crippen LogP contribution in [0.15, 0.2) is 48.5 Å². The normalized spacial score (nSPS) is 15.7. The summed E-state index contributed by atoms with van der Waals surface area (Å²) in [6.07, 6.45) is 2.11. The van der Waals surface area contributed by atoms with Crippen molar-refractivity contribution >= 4 is 11.8 Å². The lowest BCUT2D eigenvalue weighted by Gasteiger charge is -2.01. The van der Waals surface area contributed by atoms with Gasteiger partial charge in [0.25, 0.3) is 0 Å². The van der Waals surface area contributed by atoms with E-state index in [4.69, 9.17) is 4.74 Å². The minimum absolute atomic E-state index is 0.688. The zero-order valence-corrected chi connectivity index (χ0v) is 9.81. The first-order valence-electron chi connectivity index (χ1n) is 5.82. The maximum atomic E-state index is 5.73. The van der Waals surface area contributed by atoms with Gasteiger partial charge in [-0.15, -0.1) is 0 Å². The molecule has 1 aliphatic rings. The summed E-state index contributed by atoms with van der Waals surface area (Å²) in [4.78, 5) is 0. The molecule has 0 atom stereocenters. The van der Waals surface area contributed by atoms with E-state index in [0.717, 1.165) is 5.76 Å². The van der Waals surface area contributed by atoms with Gasteiger partial charge in [0.05, 0.1) is 0 Å². The van der Waals surface area contributed by atoms with Gasteiger partial charge in [0, 0.05) is 11.1 Å². The summed E-state index contributed by atoms with van der Waals surface area (Å²) < 4.78 is 5.73. The van der Waals surface area contributed by atoms with Gasteiger partial charge in [-0.05, 0) is 18.6 Å². The Morgan fingerprint density at radius 2 is 1.94 bits per heavy atom. The summed E-state index contributed by atoms with van der Waals surface area (Å²) in [5.74, 6) is 0.978. The van der Waals surface area contributed by atoms with Gasteiger partial charge in [0.15, 0.2) is 0 Å². The Kier molecular flexibility index (Phi) is 2.45. The molecule has 0 saturated heterocycles. The van der Waals surface area contributed by atoms with Crippen LogP contribution >= 0.6 is 0 Å². The maximum absolute atomic E-state index is 5.73. The second kappa shape index (κ2) is 4.10. The third-order valence-electron chi connectivity index (χ3n) is 3.01. The summed E-state index contributed by atoms with van der Waals surface area (Å²) >= 11 is 0. The van der Waals surface area contributed by atoms with Gasteiger partial charge in [-0.3, -0.25) is 0 Å². The molecule has 0 unspecified atom stereocenters. The molecule has 0 radical (unpaired) electrons. The molecule has 0 aliphatic carbocycles. The van der Waals surface area contributed by atoms with Crippen LogP contribution in [0.25, 0.3) is 11.8 Å².